The second kappa shape index (κ2) is 8.59. The number of phosphoric ester groups is 1. The van der Waals surface area contributed by atoms with Gasteiger partial charge in [0.05, 0.1) is 24.1 Å². The molecule has 3 fully saturated rings. The SMILES string of the molecule is O=c1ccn(C23CC2C2CC2(COP(=O)(O)OP(=O)(O)O)O3)c(=O)n1Cc1noc2ccc(OC(F)(F)F)cc12. The molecule has 3 aliphatic rings. The lowest BCUT2D eigenvalue weighted by molar-refractivity contribution is -0.274. The van der Waals surface area contributed by atoms with Crippen molar-refractivity contribution in [3.63, 3.8) is 0 Å². The Morgan fingerprint density at radius 2 is 1.88 bits per heavy atom. The van der Waals surface area contributed by atoms with Gasteiger partial charge in [0.2, 0.25) is 0 Å². The van der Waals surface area contributed by atoms with Gasteiger partial charge in [-0.2, -0.15) is 4.31 Å². The van der Waals surface area contributed by atoms with Crippen LogP contribution in [0.25, 0.3) is 11.0 Å². The summed E-state index contributed by atoms with van der Waals surface area (Å²) in [4.78, 5) is 53.1. The fourth-order valence-electron chi connectivity index (χ4n) is 5.37. The first-order chi connectivity index (χ1) is 18.5. The Morgan fingerprint density at radius 3 is 2.58 bits per heavy atom. The maximum Gasteiger partial charge on any atom is 0.573 e. The van der Waals surface area contributed by atoms with Crippen molar-refractivity contribution in [3.8, 4) is 5.75 Å². The van der Waals surface area contributed by atoms with Gasteiger partial charge in [0.15, 0.2) is 11.3 Å². The molecule has 5 unspecified atom stereocenters. The molecule has 3 aromatic rings. The Hall–Kier alpha value is -2.82. The highest BCUT2D eigenvalue weighted by Crippen LogP contribution is 2.76. The normalized spacial score (nSPS) is 28.6. The summed E-state index contributed by atoms with van der Waals surface area (Å²) in [6.07, 6.45) is -2.96. The van der Waals surface area contributed by atoms with Crippen molar-refractivity contribution in [1.29, 1.82) is 0 Å². The Kier molecular flexibility index (Phi) is 5.88. The molecule has 0 bridgehead atoms. The summed E-state index contributed by atoms with van der Waals surface area (Å²) in [5.74, 6) is -0.983. The van der Waals surface area contributed by atoms with Crippen molar-refractivity contribution >= 4 is 26.6 Å². The Bertz CT molecular complexity index is 1750. The molecule has 0 spiro atoms. The quantitative estimate of drug-likeness (QED) is 0.296. The van der Waals surface area contributed by atoms with Crippen LogP contribution in [0.3, 0.4) is 0 Å². The van der Waals surface area contributed by atoms with Crippen molar-refractivity contribution in [1.82, 2.24) is 14.3 Å². The topological polar surface area (TPSA) is 202 Å². The van der Waals surface area contributed by atoms with Gasteiger partial charge in [-0.15, -0.1) is 13.2 Å². The maximum atomic E-state index is 13.4. The lowest BCUT2D eigenvalue weighted by Gasteiger charge is -2.24. The van der Waals surface area contributed by atoms with Gasteiger partial charge in [0.1, 0.15) is 11.4 Å². The van der Waals surface area contributed by atoms with Gasteiger partial charge in [0.25, 0.3) is 5.56 Å². The third-order valence-electron chi connectivity index (χ3n) is 7.09. The number of nitrogens with zero attached hydrogens (tertiary/aromatic N) is 3. The second-order valence-corrected chi connectivity index (χ2v) is 12.5. The fourth-order valence-corrected chi connectivity index (χ4v) is 7.02. The van der Waals surface area contributed by atoms with Crippen molar-refractivity contribution in [3.05, 3.63) is 57.0 Å². The minimum atomic E-state index is -5.32. The molecule has 3 heterocycles. The standard InChI is InChI=1S/C20H18F3N3O12P2/c21-20(22,23)35-10-1-2-15-11(5-10)14(24-36-15)8-25-16(27)3-4-26(17(25)28)19-7-13(19)12-6-18(12,37-19)9-34-40(32,33)38-39(29,30)31/h1-5,12-13H,6-9H2,(H,32,33)(H2,29,30,31). The summed E-state index contributed by atoms with van der Waals surface area (Å²) in [6, 6.07) is 4.33. The van der Waals surface area contributed by atoms with Crippen LogP contribution >= 0.6 is 15.6 Å². The van der Waals surface area contributed by atoms with E-state index in [4.69, 9.17) is 23.6 Å². The molecule has 3 N–H and O–H groups in total. The molecule has 1 aliphatic heterocycles. The average Bonchev–Trinajstić information content (AvgIpc) is 3.65. The Morgan fingerprint density at radius 1 is 1.12 bits per heavy atom. The van der Waals surface area contributed by atoms with Crippen molar-refractivity contribution in [2.75, 3.05) is 6.61 Å². The van der Waals surface area contributed by atoms with Crippen LogP contribution in [0, 0.1) is 11.8 Å². The summed E-state index contributed by atoms with van der Waals surface area (Å²) in [5.41, 5.74) is -3.78. The molecule has 20 heteroatoms. The van der Waals surface area contributed by atoms with Crippen LogP contribution in [-0.2, 0) is 35.0 Å². The highest BCUT2D eigenvalue weighted by Gasteiger charge is 2.82. The third-order valence-corrected chi connectivity index (χ3v) is 9.23. The highest BCUT2D eigenvalue weighted by atomic mass is 31.3. The molecule has 1 aromatic carbocycles. The Labute approximate surface area is 219 Å². The predicted molar refractivity (Wildman–Crippen MR) is 122 cm³/mol. The summed E-state index contributed by atoms with van der Waals surface area (Å²) >= 11 is 0. The van der Waals surface area contributed by atoms with Gasteiger partial charge in [-0.05, 0) is 24.6 Å². The number of ether oxygens (including phenoxy) is 2. The molecule has 2 aromatic heterocycles. The molecule has 5 atom stereocenters. The largest absolute Gasteiger partial charge is 0.573 e. The number of halogens is 3. The van der Waals surface area contributed by atoms with Crippen LogP contribution in [0.5, 0.6) is 5.75 Å². The number of aromatic nitrogens is 3. The van der Waals surface area contributed by atoms with E-state index in [-0.39, 0.29) is 28.5 Å². The van der Waals surface area contributed by atoms with Gasteiger partial charge in [-0.25, -0.2) is 13.9 Å². The van der Waals surface area contributed by atoms with Gasteiger partial charge >= 0.3 is 27.7 Å². The third kappa shape index (κ3) is 4.84. The molecule has 2 aliphatic carbocycles. The second-order valence-electron chi connectivity index (χ2n) is 9.67. The highest BCUT2D eigenvalue weighted by molar-refractivity contribution is 7.60. The lowest BCUT2D eigenvalue weighted by atomic mass is 10.2. The number of hydrogen-bond acceptors (Lipinski definition) is 10. The Balaban J connectivity index is 1.25. The van der Waals surface area contributed by atoms with E-state index >= 15 is 0 Å². The first-order valence-corrected chi connectivity index (χ1v) is 14.4. The number of alkyl halides is 3. The molecule has 1 saturated heterocycles. The minimum Gasteiger partial charge on any atom is -0.406 e. The number of benzene rings is 1. The number of phosphoric acid groups is 2. The average molecular weight is 611 g/mol. The number of rotatable bonds is 9. The van der Waals surface area contributed by atoms with Crippen LogP contribution in [0.15, 0.2) is 44.6 Å². The van der Waals surface area contributed by atoms with E-state index in [9.17, 15) is 36.8 Å². The maximum absolute atomic E-state index is 13.4. The van der Waals surface area contributed by atoms with Gasteiger partial charge in [-0.1, -0.05) is 5.16 Å². The van der Waals surface area contributed by atoms with Crippen molar-refractivity contribution in [2.45, 2.75) is 37.1 Å². The van der Waals surface area contributed by atoms with Crippen LogP contribution in [-0.4, -0.2) is 47.5 Å². The van der Waals surface area contributed by atoms with E-state index in [1.165, 1.54) is 16.8 Å². The van der Waals surface area contributed by atoms with Crippen molar-refractivity contribution in [2.24, 2.45) is 11.8 Å². The van der Waals surface area contributed by atoms with E-state index < -0.39 is 63.5 Å². The predicted octanol–water partition coefficient (Wildman–Crippen LogP) is 1.79. The zero-order valence-corrected chi connectivity index (χ0v) is 21.5. The molecule has 0 radical (unpaired) electrons. The first kappa shape index (κ1) is 27.4. The van der Waals surface area contributed by atoms with Crippen LogP contribution in [0.1, 0.15) is 18.5 Å². The molecule has 0 amide bonds. The molecular weight excluding hydrogens is 593 g/mol. The van der Waals surface area contributed by atoms with Gasteiger partial charge < -0.3 is 28.7 Å². The van der Waals surface area contributed by atoms with Gasteiger partial charge in [-0.3, -0.25) is 18.5 Å². The van der Waals surface area contributed by atoms with Crippen LogP contribution < -0.4 is 16.0 Å². The molecule has 216 valence electrons. The van der Waals surface area contributed by atoms with E-state index in [2.05, 4.69) is 14.2 Å². The van der Waals surface area contributed by atoms with Gasteiger partial charge in [0, 0.05) is 30.5 Å². The molecular formula is C20H18F3N3O12P2. The smallest absolute Gasteiger partial charge is 0.406 e. The van der Waals surface area contributed by atoms with Crippen LogP contribution in [0.2, 0.25) is 0 Å². The lowest BCUT2D eigenvalue weighted by Crippen LogP contribution is -2.45. The van der Waals surface area contributed by atoms with E-state index in [0.717, 1.165) is 22.8 Å². The minimum absolute atomic E-state index is 0.00627. The van der Waals surface area contributed by atoms with E-state index in [1.807, 2.05) is 0 Å². The number of hydrogen-bond donors (Lipinski definition) is 3. The molecule has 40 heavy (non-hydrogen) atoms. The zero-order chi connectivity index (χ0) is 28.9. The zero-order valence-electron chi connectivity index (χ0n) is 19.8. The monoisotopic (exact) mass is 611 g/mol. The summed E-state index contributed by atoms with van der Waals surface area (Å²) in [7, 11) is -10.4. The summed E-state index contributed by atoms with van der Waals surface area (Å²) in [5, 5.41) is 3.87. The molecule has 2 saturated carbocycles. The molecule has 6 rings (SSSR count). The van der Waals surface area contributed by atoms with E-state index in [1.54, 1.807) is 0 Å². The van der Waals surface area contributed by atoms with Crippen molar-refractivity contribution < 1.29 is 59.8 Å². The van der Waals surface area contributed by atoms with Crippen LogP contribution in [0.4, 0.5) is 13.2 Å². The first-order valence-electron chi connectivity index (χ1n) is 11.4. The summed E-state index contributed by atoms with van der Waals surface area (Å²) < 4.78 is 86.3. The van der Waals surface area contributed by atoms with E-state index in [0.29, 0.717) is 12.8 Å². The summed E-state index contributed by atoms with van der Waals surface area (Å²) in [6.45, 7) is -1.00. The number of fused-ring (bicyclic) bond motifs is 4. The fraction of sp³-hybridized carbons (Fsp3) is 0.450. The molecule has 15 nitrogen and oxygen atoms in total.